The Hall–Kier alpha value is -2.07. The van der Waals surface area contributed by atoms with Gasteiger partial charge in [-0.15, -0.1) is 0 Å². The first-order chi connectivity index (χ1) is 17.3. The summed E-state index contributed by atoms with van der Waals surface area (Å²) in [6, 6.07) is 6.48. The van der Waals surface area contributed by atoms with Crippen LogP contribution in [0.15, 0.2) is 35.2 Å². The third kappa shape index (κ3) is 6.00. The molecule has 202 valence electrons. The molecule has 2 aliphatic heterocycles. The first-order valence-electron chi connectivity index (χ1n) is 12.1. The number of fused-ring (bicyclic) bond motifs is 2. The molecule has 2 fully saturated rings. The standard InChI is InChI=1S/C26H31Cl2FN2O5S/c1-26(2,3)15-37(34,35)19-11-22(28)24(36-9-8-32)23(12-19)31-17-5-6-18(31)14-30(13-17)25(33)20-7-4-16(29)10-21(20)27/h4,7,10-12,17-18,32H,5-6,8-9,13-15H2,1-3H3/t17-,18+. The second-order valence-corrected chi connectivity index (χ2v) is 13.6. The van der Waals surface area contributed by atoms with E-state index in [9.17, 15) is 22.7 Å². The summed E-state index contributed by atoms with van der Waals surface area (Å²) in [7, 11) is -3.65. The normalized spacial score (nSPS) is 19.9. The van der Waals surface area contributed by atoms with Crippen LogP contribution in [0.5, 0.6) is 5.75 Å². The Kier molecular flexibility index (Phi) is 8.00. The van der Waals surface area contributed by atoms with E-state index in [-0.39, 0.29) is 57.5 Å². The largest absolute Gasteiger partial charge is 0.487 e. The van der Waals surface area contributed by atoms with Crippen molar-refractivity contribution in [1.29, 1.82) is 0 Å². The number of halogens is 3. The Morgan fingerprint density at radius 1 is 1.11 bits per heavy atom. The average Bonchev–Trinajstić information content (AvgIpc) is 3.04. The van der Waals surface area contributed by atoms with Crippen molar-refractivity contribution in [2.45, 2.75) is 50.6 Å². The van der Waals surface area contributed by atoms with Gasteiger partial charge in [0.05, 0.1) is 38.6 Å². The number of benzene rings is 2. The van der Waals surface area contributed by atoms with E-state index >= 15 is 0 Å². The van der Waals surface area contributed by atoms with Gasteiger partial charge in [0.2, 0.25) is 0 Å². The van der Waals surface area contributed by atoms with E-state index in [0.29, 0.717) is 24.5 Å². The minimum atomic E-state index is -3.65. The molecule has 1 amide bonds. The van der Waals surface area contributed by atoms with Crippen molar-refractivity contribution in [2.24, 2.45) is 5.41 Å². The van der Waals surface area contributed by atoms with E-state index in [0.717, 1.165) is 18.9 Å². The fraction of sp³-hybridized carbons (Fsp3) is 0.500. The molecule has 0 unspecified atom stereocenters. The van der Waals surface area contributed by atoms with Gasteiger partial charge in [0.15, 0.2) is 15.6 Å². The maximum Gasteiger partial charge on any atom is 0.255 e. The number of piperazine rings is 1. The van der Waals surface area contributed by atoms with Crippen LogP contribution in [0, 0.1) is 11.2 Å². The quantitative estimate of drug-likeness (QED) is 0.512. The number of anilines is 1. The van der Waals surface area contributed by atoms with Crippen molar-refractivity contribution in [1.82, 2.24) is 4.90 Å². The van der Waals surface area contributed by atoms with Gasteiger partial charge in [-0.1, -0.05) is 44.0 Å². The van der Waals surface area contributed by atoms with Gasteiger partial charge in [-0.25, -0.2) is 12.8 Å². The Labute approximate surface area is 227 Å². The van der Waals surface area contributed by atoms with Crippen molar-refractivity contribution in [3.63, 3.8) is 0 Å². The summed E-state index contributed by atoms with van der Waals surface area (Å²) in [5.41, 5.74) is 0.318. The number of ether oxygens (including phenoxy) is 1. The fourth-order valence-electron chi connectivity index (χ4n) is 5.17. The number of aliphatic hydroxyl groups is 1. The predicted molar refractivity (Wildman–Crippen MR) is 142 cm³/mol. The summed E-state index contributed by atoms with van der Waals surface area (Å²) in [5, 5.41) is 9.54. The molecule has 2 saturated heterocycles. The van der Waals surface area contributed by atoms with Crippen LogP contribution in [0.2, 0.25) is 10.0 Å². The van der Waals surface area contributed by atoms with Gasteiger partial charge in [-0.3, -0.25) is 4.79 Å². The zero-order valence-corrected chi connectivity index (χ0v) is 23.3. The molecule has 2 bridgehead atoms. The SMILES string of the molecule is CC(C)(C)CS(=O)(=O)c1cc(Cl)c(OCCO)c(N2[C@@H]3CC[C@H]2CN(C(=O)c2ccc(F)cc2Cl)C3)c1. The molecule has 0 saturated carbocycles. The van der Waals surface area contributed by atoms with E-state index in [4.69, 9.17) is 27.9 Å². The highest BCUT2D eigenvalue weighted by molar-refractivity contribution is 7.91. The molecule has 2 aliphatic rings. The molecule has 37 heavy (non-hydrogen) atoms. The Morgan fingerprint density at radius 3 is 2.32 bits per heavy atom. The van der Waals surface area contributed by atoms with Crippen LogP contribution < -0.4 is 9.64 Å². The van der Waals surface area contributed by atoms with Gasteiger partial charge in [-0.2, -0.15) is 0 Å². The summed E-state index contributed by atoms with van der Waals surface area (Å²) < 4.78 is 45.8. The Bertz CT molecular complexity index is 1280. The average molecular weight is 574 g/mol. The zero-order chi connectivity index (χ0) is 27.1. The maximum absolute atomic E-state index is 13.5. The number of hydrogen-bond donors (Lipinski definition) is 1. The van der Waals surface area contributed by atoms with Crippen molar-refractivity contribution in [3.8, 4) is 5.75 Å². The maximum atomic E-state index is 13.5. The lowest BCUT2D eigenvalue weighted by Gasteiger charge is -2.43. The lowest BCUT2D eigenvalue weighted by molar-refractivity contribution is 0.0717. The van der Waals surface area contributed by atoms with Crippen LogP contribution in [-0.4, -0.2) is 68.5 Å². The summed E-state index contributed by atoms with van der Waals surface area (Å²) in [4.78, 5) is 17.1. The van der Waals surface area contributed by atoms with Crippen LogP contribution >= 0.6 is 23.2 Å². The molecule has 2 aromatic carbocycles. The molecule has 2 atom stereocenters. The molecular formula is C26H31Cl2FN2O5S. The number of aliphatic hydroxyl groups excluding tert-OH is 1. The summed E-state index contributed by atoms with van der Waals surface area (Å²) in [5.74, 6) is -0.540. The lowest BCUT2D eigenvalue weighted by Crippen LogP contribution is -2.55. The monoisotopic (exact) mass is 572 g/mol. The van der Waals surface area contributed by atoms with Gasteiger partial charge in [0.1, 0.15) is 12.4 Å². The molecule has 0 spiro atoms. The minimum absolute atomic E-state index is 0.00232. The lowest BCUT2D eigenvalue weighted by atomic mass is 10.0. The third-order valence-corrected chi connectivity index (χ3v) is 9.32. The molecule has 0 aliphatic carbocycles. The first-order valence-corrected chi connectivity index (χ1v) is 14.5. The summed E-state index contributed by atoms with van der Waals surface area (Å²) >= 11 is 12.7. The molecule has 1 N–H and O–H groups in total. The van der Waals surface area contributed by atoms with E-state index in [1.165, 1.54) is 18.2 Å². The van der Waals surface area contributed by atoms with Gasteiger partial charge in [-0.05, 0) is 48.6 Å². The molecule has 11 heteroatoms. The van der Waals surface area contributed by atoms with Gasteiger partial charge >= 0.3 is 0 Å². The van der Waals surface area contributed by atoms with Crippen molar-refractivity contribution >= 4 is 44.6 Å². The molecule has 4 rings (SSSR count). The molecule has 2 heterocycles. The van der Waals surface area contributed by atoms with E-state index < -0.39 is 21.1 Å². The Morgan fingerprint density at radius 2 is 1.76 bits per heavy atom. The second kappa shape index (κ2) is 10.6. The minimum Gasteiger partial charge on any atom is -0.487 e. The zero-order valence-electron chi connectivity index (χ0n) is 21.0. The van der Waals surface area contributed by atoms with Crippen LogP contribution in [-0.2, 0) is 9.84 Å². The summed E-state index contributed by atoms with van der Waals surface area (Å²) in [6.45, 7) is 6.09. The van der Waals surface area contributed by atoms with Crippen molar-refractivity contribution in [3.05, 3.63) is 51.8 Å². The molecule has 0 radical (unpaired) electrons. The van der Waals surface area contributed by atoms with Gasteiger partial charge < -0.3 is 19.6 Å². The number of carbonyl (C=O) groups excluding carboxylic acids is 1. The van der Waals surface area contributed by atoms with Crippen LogP contribution in [0.4, 0.5) is 10.1 Å². The molecule has 7 nitrogen and oxygen atoms in total. The number of likely N-dealkylation sites (tertiary alicyclic amines) is 1. The highest BCUT2D eigenvalue weighted by Crippen LogP contribution is 2.45. The molecule has 2 aromatic rings. The van der Waals surface area contributed by atoms with E-state index in [1.807, 2.05) is 20.8 Å². The number of amides is 1. The Balaban J connectivity index is 1.69. The fourth-order valence-corrected chi connectivity index (χ4v) is 7.64. The smallest absolute Gasteiger partial charge is 0.255 e. The number of hydrogen-bond acceptors (Lipinski definition) is 6. The number of sulfone groups is 1. The van der Waals surface area contributed by atoms with Gasteiger partial charge in [0, 0.05) is 25.2 Å². The third-order valence-electron chi connectivity index (χ3n) is 6.53. The van der Waals surface area contributed by atoms with Gasteiger partial charge in [0.25, 0.3) is 5.91 Å². The van der Waals surface area contributed by atoms with E-state index in [1.54, 1.807) is 11.0 Å². The second-order valence-electron chi connectivity index (χ2n) is 10.8. The van der Waals surface area contributed by atoms with Crippen LogP contribution in [0.1, 0.15) is 44.0 Å². The predicted octanol–water partition coefficient (Wildman–Crippen LogP) is 4.82. The number of nitrogens with zero attached hydrogens (tertiary/aromatic N) is 2. The van der Waals surface area contributed by atoms with Crippen LogP contribution in [0.25, 0.3) is 0 Å². The topological polar surface area (TPSA) is 87.2 Å². The summed E-state index contributed by atoms with van der Waals surface area (Å²) in [6.07, 6.45) is 1.56. The number of carbonyl (C=O) groups is 1. The van der Waals surface area contributed by atoms with Crippen LogP contribution in [0.3, 0.4) is 0 Å². The van der Waals surface area contributed by atoms with Crippen molar-refractivity contribution in [2.75, 3.05) is 37.0 Å². The highest BCUT2D eigenvalue weighted by Gasteiger charge is 2.43. The van der Waals surface area contributed by atoms with Crippen molar-refractivity contribution < 1.29 is 27.4 Å². The van der Waals surface area contributed by atoms with E-state index in [2.05, 4.69) is 4.90 Å². The molecular weight excluding hydrogens is 542 g/mol. The number of rotatable bonds is 7. The first kappa shape index (κ1) is 28.0. The molecule has 0 aromatic heterocycles. The highest BCUT2D eigenvalue weighted by atomic mass is 35.5.